The van der Waals surface area contributed by atoms with Gasteiger partial charge in [0.1, 0.15) is 5.69 Å². The SMILES string of the molecule is COc1ccc(CCN(C)C(=O)CCN(Cc2ccccc2)C(=O)c2cnc(C)cn2)cc1OC. The van der Waals surface area contributed by atoms with E-state index < -0.39 is 0 Å². The van der Waals surface area contributed by atoms with Crippen LogP contribution in [0.15, 0.2) is 60.9 Å². The topological polar surface area (TPSA) is 84.9 Å². The maximum absolute atomic E-state index is 13.1. The third-order valence-corrected chi connectivity index (χ3v) is 5.71. The molecule has 0 unspecified atom stereocenters. The summed E-state index contributed by atoms with van der Waals surface area (Å²) >= 11 is 0. The van der Waals surface area contributed by atoms with E-state index in [1.54, 1.807) is 37.3 Å². The summed E-state index contributed by atoms with van der Waals surface area (Å²) in [7, 11) is 4.97. The van der Waals surface area contributed by atoms with E-state index in [1.807, 2.05) is 55.5 Å². The fourth-order valence-electron chi connectivity index (χ4n) is 3.60. The van der Waals surface area contributed by atoms with Crippen LogP contribution in [-0.4, -0.2) is 65.9 Å². The Balaban J connectivity index is 1.61. The highest BCUT2D eigenvalue weighted by Gasteiger charge is 2.20. The van der Waals surface area contributed by atoms with Crippen molar-refractivity contribution in [3.8, 4) is 11.5 Å². The standard InChI is InChI=1S/C27H32N4O4/c1-20-17-29-23(18-28-20)27(33)31(19-22-8-6-5-7-9-22)15-13-26(32)30(2)14-12-21-10-11-24(34-3)25(16-21)35-4/h5-11,16-18H,12-15,19H2,1-4H3. The number of aryl methyl sites for hydroxylation is 1. The highest BCUT2D eigenvalue weighted by Crippen LogP contribution is 2.27. The molecule has 1 heterocycles. The van der Waals surface area contributed by atoms with Gasteiger partial charge in [0, 0.05) is 39.3 Å². The van der Waals surface area contributed by atoms with Crippen LogP contribution in [0.3, 0.4) is 0 Å². The lowest BCUT2D eigenvalue weighted by molar-refractivity contribution is -0.130. The molecule has 2 amide bonds. The molecule has 8 nitrogen and oxygen atoms in total. The average Bonchev–Trinajstić information content (AvgIpc) is 2.89. The molecule has 0 aliphatic rings. The number of hydrogen-bond donors (Lipinski definition) is 0. The molecule has 2 aromatic carbocycles. The van der Waals surface area contributed by atoms with Crippen LogP contribution in [-0.2, 0) is 17.8 Å². The van der Waals surface area contributed by atoms with E-state index in [4.69, 9.17) is 9.47 Å². The summed E-state index contributed by atoms with van der Waals surface area (Å²) in [4.78, 5) is 37.8. The minimum atomic E-state index is -0.248. The van der Waals surface area contributed by atoms with Crippen molar-refractivity contribution in [3.63, 3.8) is 0 Å². The van der Waals surface area contributed by atoms with Gasteiger partial charge in [-0.15, -0.1) is 0 Å². The van der Waals surface area contributed by atoms with Gasteiger partial charge < -0.3 is 19.3 Å². The number of benzene rings is 2. The average molecular weight is 477 g/mol. The van der Waals surface area contributed by atoms with Gasteiger partial charge in [-0.2, -0.15) is 0 Å². The van der Waals surface area contributed by atoms with Crippen molar-refractivity contribution in [2.45, 2.75) is 26.3 Å². The Morgan fingerprint density at radius 1 is 0.886 bits per heavy atom. The van der Waals surface area contributed by atoms with Gasteiger partial charge in [-0.1, -0.05) is 36.4 Å². The summed E-state index contributed by atoms with van der Waals surface area (Å²) < 4.78 is 10.6. The summed E-state index contributed by atoms with van der Waals surface area (Å²) in [6.45, 7) is 3.03. The zero-order chi connectivity index (χ0) is 25.2. The highest BCUT2D eigenvalue weighted by atomic mass is 16.5. The second kappa shape index (κ2) is 12.5. The second-order valence-corrected chi connectivity index (χ2v) is 8.26. The van der Waals surface area contributed by atoms with Gasteiger partial charge in [0.05, 0.1) is 26.1 Å². The van der Waals surface area contributed by atoms with E-state index >= 15 is 0 Å². The molecule has 0 aliphatic carbocycles. The van der Waals surface area contributed by atoms with Gasteiger partial charge in [0.2, 0.25) is 5.91 Å². The van der Waals surface area contributed by atoms with Gasteiger partial charge >= 0.3 is 0 Å². The molecule has 0 saturated heterocycles. The van der Waals surface area contributed by atoms with Crippen LogP contribution in [0.25, 0.3) is 0 Å². The Labute approximate surface area is 206 Å². The number of methoxy groups -OCH3 is 2. The van der Waals surface area contributed by atoms with Crippen LogP contribution in [0.4, 0.5) is 0 Å². The van der Waals surface area contributed by atoms with Crippen molar-refractivity contribution in [2.75, 3.05) is 34.4 Å². The molecule has 0 atom stereocenters. The monoisotopic (exact) mass is 476 g/mol. The summed E-state index contributed by atoms with van der Waals surface area (Å²) in [6, 6.07) is 15.4. The number of amides is 2. The Kier molecular flexibility index (Phi) is 9.17. The predicted octanol–water partition coefficient (Wildman–Crippen LogP) is 3.54. The molecule has 0 saturated carbocycles. The first-order chi connectivity index (χ1) is 16.9. The molecular weight excluding hydrogens is 444 g/mol. The fourth-order valence-corrected chi connectivity index (χ4v) is 3.60. The van der Waals surface area contributed by atoms with E-state index in [-0.39, 0.29) is 30.5 Å². The van der Waals surface area contributed by atoms with E-state index in [1.165, 1.54) is 6.20 Å². The van der Waals surface area contributed by atoms with Crippen LogP contribution in [0, 0.1) is 6.92 Å². The molecule has 184 valence electrons. The smallest absolute Gasteiger partial charge is 0.274 e. The largest absolute Gasteiger partial charge is 0.493 e. The highest BCUT2D eigenvalue weighted by molar-refractivity contribution is 5.92. The number of rotatable bonds is 11. The number of hydrogen-bond acceptors (Lipinski definition) is 6. The summed E-state index contributed by atoms with van der Waals surface area (Å²) in [6.07, 6.45) is 3.93. The van der Waals surface area contributed by atoms with Crippen molar-refractivity contribution < 1.29 is 19.1 Å². The molecule has 0 radical (unpaired) electrons. The fraction of sp³-hybridized carbons (Fsp3) is 0.333. The molecule has 0 fully saturated rings. The summed E-state index contributed by atoms with van der Waals surface area (Å²) in [5, 5.41) is 0. The van der Waals surface area contributed by atoms with Gasteiger partial charge in [-0.3, -0.25) is 14.6 Å². The minimum Gasteiger partial charge on any atom is -0.493 e. The number of carbonyl (C=O) groups excluding carboxylic acids is 2. The molecule has 8 heteroatoms. The zero-order valence-corrected chi connectivity index (χ0v) is 20.7. The van der Waals surface area contributed by atoms with Crippen LogP contribution in [0.1, 0.15) is 33.7 Å². The molecule has 3 aromatic rings. The third-order valence-electron chi connectivity index (χ3n) is 5.71. The first-order valence-corrected chi connectivity index (χ1v) is 11.5. The lowest BCUT2D eigenvalue weighted by Crippen LogP contribution is -2.36. The number of carbonyl (C=O) groups is 2. The van der Waals surface area contributed by atoms with Gasteiger partial charge in [-0.05, 0) is 36.6 Å². The lowest BCUT2D eigenvalue weighted by atomic mass is 10.1. The van der Waals surface area contributed by atoms with Crippen LogP contribution in [0.2, 0.25) is 0 Å². The third kappa shape index (κ3) is 7.27. The molecule has 35 heavy (non-hydrogen) atoms. The van der Waals surface area contributed by atoms with E-state index in [0.29, 0.717) is 31.0 Å². The van der Waals surface area contributed by atoms with Crippen LogP contribution < -0.4 is 9.47 Å². The van der Waals surface area contributed by atoms with Crippen molar-refractivity contribution in [1.82, 2.24) is 19.8 Å². The van der Waals surface area contributed by atoms with Crippen LogP contribution in [0.5, 0.6) is 11.5 Å². The summed E-state index contributed by atoms with van der Waals surface area (Å²) in [5.41, 5.74) is 3.03. The minimum absolute atomic E-state index is 0.0358. The van der Waals surface area contributed by atoms with Crippen molar-refractivity contribution >= 4 is 11.8 Å². The molecule has 3 rings (SSSR count). The molecule has 0 spiro atoms. The molecule has 0 N–H and O–H groups in total. The van der Waals surface area contributed by atoms with Gasteiger partial charge in [-0.25, -0.2) is 4.98 Å². The Morgan fingerprint density at radius 3 is 2.29 bits per heavy atom. The number of aromatic nitrogens is 2. The number of ether oxygens (including phenoxy) is 2. The number of likely N-dealkylation sites (N-methyl/N-ethyl adjacent to an activating group) is 1. The van der Waals surface area contributed by atoms with Crippen LogP contribution >= 0.6 is 0 Å². The first kappa shape index (κ1) is 25.7. The van der Waals surface area contributed by atoms with Crippen molar-refractivity contribution in [2.24, 2.45) is 0 Å². The lowest BCUT2D eigenvalue weighted by Gasteiger charge is -2.24. The molecule has 1 aromatic heterocycles. The zero-order valence-electron chi connectivity index (χ0n) is 20.7. The quantitative estimate of drug-likeness (QED) is 0.421. The maximum atomic E-state index is 13.1. The normalized spacial score (nSPS) is 10.5. The van der Waals surface area contributed by atoms with Gasteiger partial charge in [0.25, 0.3) is 5.91 Å². The first-order valence-electron chi connectivity index (χ1n) is 11.5. The number of nitrogens with zero attached hydrogens (tertiary/aromatic N) is 4. The Bertz CT molecular complexity index is 1120. The maximum Gasteiger partial charge on any atom is 0.274 e. The van der Waals surface area contributed by atoms with Crippen molar-refractivity contribution in [1.29, 1.82) is 0 Å². The predicted molar refractivity (Wildman–Crippen MR) is 133 cm³/mol. The molecular formula is C27H32N4O4. The summed E-state index contributed by atoms with van der Waals surface area (Å²) in [5.74, 6) is 1.05. The van der Waals surface area contributed by atoms with E-state index in [9.17, 15) is 9.59 Å². The van der Waals surface area contributed by atoms with E-state index in [2.05, 4.69) is 9.97 Å². The second-order valence-electron chi connectivity index (χ2n) is 8.26. The van der Waals surface area contributed by atoms with Crippen molar-refractivity contribution in [3.05, 3.63) is 83.4 Å². The van der Waals surface area contributed by atoms with Gasteiger partial charge in [0.15, 0.2) is 11.5 Å². The Morgan fingerprint density at radius 2 is 1.63 bits per heavy atom. The Hall–Kier alpha value is -3.94. The molecule has 0 aliphatic heterocycles. The van der Waals surface area contributed by atoms with E-state index in [0.717, 1.165) is 16.8 Å². The molecule has 0 bridgehead atoms.